The number of rotatable bonds is 4. The molecule has 1 heterocycles. The van der Waals surface area contributed by atoms with Crippen molar-refractivity contribution >= 4 is 27.4 Å². The van der Waals surface area contributed by atoms with E-state index in [-0.39, 0.29) is 23.9 Å². The maximum atomic E-state index is 13.2. The number of nitro groups is 1. The Morgan fingerprint density at radius 2 is 2.20 bits per heavy atom. The van der Waals surface area contributed by atoms with E-state index in [9.17, 15) is 14.5 Å². The zero-order valence-corrected chi connectivity index (χ0v) is 12.1. The SMILES string of the molecule is Cc1cnc(NCc2cc(F)ccc2Br)c([N+](=O)[O-])c1. The molecule has 2 aromatic rings. The van der Waals surface area contributed by atoms with Gasteiger partial charge >= 0.3 is 5.69 Å². The third-order valence-corrected chi connectivity index (χ3v) is 3.43. The number of hydrogen-bond acceptors (Lipinski definition) is 4. The Bertz CT molecular complexity index is 664. The third kappa shape index (κ3) is 3.30. The van der Waals surface area contributed by atoms with Gasteiger partial charge in [-0.25, -0.2) is 9.37 Å². The van der Waals surface area contributed by atoms with Crippen LogP contribution in [0.5, 0.6) is 0 Å². The lowest BCUT2D eigenvalue weighted by molar-refractivity contribution is -0.384. The van der Waals surface area contributed by atoms with E-state index in [1.54, 1.807) is 13.0 Å². The number of benzene rings is 1. The first kappa shape index (κ1) is 14.4. The molecule has 0 amide bonds. The highest BCUT2D eigenvalue weighted by Gasteiger charge is 2.15. The summed E-state index contributed by atoms with van der Waals surface area (Å²) in [7, 11) is 0. The van der Waals surface area contributed by atoms with Crippen molar-refractivity contribution in [1.29, 1.82) is 0 Å². The lowest BCUT2D eigenvalue weighted by Gasteiger charge is -2.08. The molecule has 0 aliphatic carbocycles. The number of hydrogen-bond donors (Lipinski definition) is 1. The second-order valence-corrected chi connectivity index (χ2v) is 5.08. The van der Waals surface area contributed by atoms with Crippen LogP contribution in [0.2, 0.25) is 0 Å². The lowest BCUT2D eigenvalue weighted by Crippen LogP contribution is -2.05. The molecule has 0 bridgehead atoms. The molecule has 0 saturated carbocycles. The minimum Gasteiger partial charge on any atom is -0.360 e. The van der Waals surface area contributed by atoms with Gasteiger partial charge in [0.25, 0.3) is 0 Å². The van der Waals surface area contributed by atoms with Crippen LogP contribution in [0.15, 0.2) is 34.9 Å². The van der Waals surface area contributed by atoms with Crippen molar-refractivity contribution in [1.82, 2.24) is 4.98 Å². The van der Waals surface area contributed by atoms with Gasteiger partial charge in [0.2, 0.25) is 5.82 Å². The van der Waals surface area contributed by atoms with E-state index in [0.717, 1.165) is 4.47 Å². The summed E-state index contributed by atoms with van der Waals surface area (Å²) in [4.78, 5) is 14.5. The van der Waals surface area contributed by atoms with Crippen LogP contribution in [0.4, 0.5) is 15.9 Å². The fourth-order valence-corrected chi connectivity index (χ4v) is 2.07. The Balaban J connectivity index is 2.23. The summed E-state index contributed by atoms with van der Waals surface area (Å²) in [6, 6.07) is 5.72. The first-order valence-corrected chi connectivity index (χ1v) is 6.55. The Morgan fingerprint density at radius 3 is 2.90 bits per heavy atom. The predicted molar refractivity (Wildman–Crippen MR) is 77.1 cm³/mol. The van der Waals surface area contributed by atoms with E-state index in [4.69, 9.17) is 0 Å². The molecule has 104 valence electrons. The first-order chi connectivity index (χ1) is 9.47. The molecule has 0 aliphatic rings. The minimum absolute atomic E-state index is 0.0995. The van der Waals surface area contributed by atoms with Gasteiger partial charge in [-0.15, -0.1) is 0 Å². The summed E-state index contributed by atoms with van der Waals surface area (Å²) < 4.78 is 13.9. The smallest absolute Gasteiger partial charge is 0.311 e. The molecule has 1 aromatic heterocycles. The standard InChI is InChI=1S/C13H11BrFN3O2/c1-8-4-12(18(19)20)13(16-6-8)17-7-9-5-10(15)2-3-11(9)14/h2-6H,7H2,1H3,(H,16,17). The van der Waals surface area contributed by atoms with E-state index in [1.807, 2.05) is 0 Å². The van der Waals surface area contributed by atoms with Crippen LogP contribution in [0.1, 0.15) is 11.1 Å². The van der Waals surface area contributed by atoms with Crippen molar-refractivity contribution in [3.05, 3.63) is 62.0 Å². The molecule has 0 radical (unpaired) electrons. The number of aryl methyl sites for hydroxylation is 1. The summed E-state index contributed by atoms with van der Waals surface area (Å²) in [6.45, 7) is 1.96. The van der Waals surface area contributed by atoms with Crippen LogP contribution < -0.4 is 5.32 Å². The number of nitrogens with zero attached hydrogens (tertiary/aromatic N) is 2. The Morgan fingerprint density at radius 1 is 1.45 bits per heavy atom. The van der Waals surface area contributed by atoms with Gasteiger partial charge in [-0.1, -0.05) is 15.9 Å². The molecule has 7 heteroatoms. The highest BCUT2D eigenvalue weighted by atomic mass is 79.9. The minimum atomic E-state index is -0.497. The zero-order valence-electron chi connectivity index (χ0n) is 10.6. The summed E-state index contributed by atoms with van der Waals surface area (Å²) >= 11 is 3.30. The highest BCUT2D eigenvalue weighted by Crippen LogP contribution is 2.24. The maximum Gasteiger partial charge on any atom is 0.311 e. The Labute approximate surface area is 123 Å². The van der Waals surface area contributed by atoms with Crippen LogP contribution >= 0.6 is 15.9 Å². The van der Waals surface area contributed by atoms with Crippen molar-refractivity contribution in [2.45, 2.75) is 13.5 Å². The van der Waals surface area contributed by atoms with E-state index in [1.165, 1.54) is 24.4 Å². The van der Waals surface area contributed by atoms with Crippen molar-refractivity contribution in [2.24, 2.45) is 0 Å². The van der Waals surface area contributed by atoms with E-state index >= 15 is 0 Å². The van der Waals surface area contributed by atoms with Gasteiger partial charge in [0, 0.05) is 23.3 Å². The molecule has 0 saturated heterocycles. The third-order valence-electron chi connectivity index (χ3n) is 2.66. The molecule has 1 aromatic carbocycles. The predicted octanol–water partition coefficient (Wildman–Crippen LogP) is 3.81. The largest absolute Gasteiger partial charge is 0.360 e. The first-order valence-electron chi connectivity index (χ1n) is 5.76. The fourth-order valence-electron chi connectivity index (χ4n) is 1.69. The molecule has 0 atom stereocenters. The summed E-state index contributed by atoms with van der Waals surface area (Å²) in [5.41, 5.74) is 1.26. The topological polar surface area (TPSA) is 68.1 Å². The average molecular weight is 340 g/mol. The number of aromatic nitrogens is 1. The van der Waals surface area contributed by atoms with E-state index < -0.39 is 4.92 Å². The Hall–Kier alpha value is -2.02. The Kier molecular flexibility index (Phi) is 4.29. The van der Waals surface area contributed by atoms with Crippen molar-refractivity contribution in [3.8, 4) is 0 Å². The van der Waals surface area contributed by atoms with E-state index in [2.05, 4.69) is 26.2 Å². The van der Waals surface area contributed by atoms with Crippen LogP contribution in [0, 0.1) is 22.9 Å². The molecule has 5 nitrogen and oxygen atoms in total. The molecule has 1 N–H and O–H groups in total. The van der Waals surface area contributed by atoms with Crippen LogP contribution in [-0.4, -0.2) is 9.91 Å². The van der Waals surface area contributed by atoms with Gasteiger partial charge in [0.15, 0.2) is 0 Å². The van der Waals surface area contributed by atoms with Gasteiger partial charge in [-0.2, -0.15) is 0 Å². The molecule has 20 heavy (non-hydrogen) atoms. The fraction of sp³-hybridized carbons (Fsp3) is 0.154. The van der Waals surface area contributed by atoms with Gasteiger partial charge in [-0.3, -0.25) is 10.1 Å². The maximum absolute atomic E-state index is 13.2. The number of halogens is 2. The average Bonchev–Trinajstić information content (AvgIpc) is 2.40. The van der Waals surface area contributed by atoms with Gasteiger partial charge in [0.05, 0.1) is 4.92 Å². The van der Waals surface area contributed by atoms with Crippen LogP contribution in [0.3, 0.4) is 0 Å². The van der Waals surface area contributed by atoms with E-state index in [0.29, 0.717) is 11.1 Å². The summed E-state index contributed by atoms with van der Waals surface area (Å²) in [5.74, 6) is -0.201. The van der Waals surface area contributed by atoms with Gasteiger partial charge in [0.1, 0.15) is 5.82 Å². The second-order valence-electron chi connectivity index (χ2n) is 4.23. The molecule has 0 aliphatic heterocycles. The molecular weight excluding hydrogens is 329 g/mol. The summed E-state index contributed by atoms with van der Waals surface area (Å²) in [5, 5.41) is 13.8. The van der Waals surface area contributed by atoms with Gasteiger partial charge < -0.3 is 5.32 Å². The quantitative estimate of drug-likeness (QED) is 0.679. The molecule has 2 rings (SSSR count). The number of anilines is 1. The number of pyridine rings is 1. The monoisotopic (exact) mass is 339 g/mol. The second kappa shape index (κ2) is 5.96. The number of nitrogens with one attached hydrogen (secondary N) is 1. The van der Waals surface area contributed by atoms with Crippen molar-refractivity contribution in [2.75, 3.05) is 5.32 Å². The zero-order chi connectivity index (χ0) is 14.7. The molecule has 0 fully saturated rings. The lowest BCUT2D eigenvalue weighted by atomic mass is 10.2. The summed E-state index contributed by atoms with van der Waals surface area (Å²) in [6.07, 6.45) is 1.54. The van der Waals surface area contributed by atoms with Crippen molar-refractivity contribution < 1.29 is 9.31 Å². The molecule has 0 spiro atoms. The van der Waals surface area contributed by atoms with Crippen LogP contribution in [-0.2, 0) is 6.54 Å². The normalized spacial score (nSPS) is 10.3. The van der Waals surface area contributed by atoms with Gasteiger partial charge in [-0.05, 0) is 36.2 Å². The van der Waals surface area contributed by atoms with Crippen LogP contribution in [0.25, 0.3) is 0 Å². The van der Waals surface area contributed by atoms with Crippen molar-refractivity contribution in [3.63, 3.8) is 0 Å². The molecule has 0 unspecified atom stereocenters. The highest BCUT2D eigenvalue weighted by molar-refractivity contribution is 9.10. The molecular formula is C13H11BrFN3O2.